The predicted octanol–water partition coefficient (Wildman–Crippen LogP) is 1.96. The van der Waals surface area contributed by atoms with Crippen LogP contribution in [0.2, 0.25) is 0 Å². The molecular formula is C18H18N2O5. The fraction of sp³-hybridized carbons (Fsp3) is 0.222. The molecule has 25 heavy (non-hydrogen) atoms. The molecule has 130 valence electrons. The van der Waals surface area contributed by atoms with Gasteiger partial charge in [0, 0.05) is 11.8 Å². The van der Waals surface area contributed by atoms with Crippen molar-refractivity contribution < 1.29 is 23.8 Å². The summed E-state index contributed by atoms with van der Waals surface area (Å²) < 4.78 is 16.5. The van der Waals surface area contributed by atoms with Crippen LogP contribution in [0.1, 0.15) is 17.3 Å². The average Bonchev–Trinajstić information content (AvgIpc) is 2.61. The number of ether oxygens (including phenoxy) is 3. The number of benzene rings is 2. The first-order valence-electron chi connectivity index (χ1n) is 7.80. The molecule has 7 nitrogen and oxygen atoms in total. The van der Waals surface area contributed by atoms with Gasteiger partial charge in [0.05, 0.1) is 5.56 Å². The van der Waals surface area contributed by atoms with E-state index in [4.69, 9.17) is 19.9 Å². The molecule has 1 aliphatic rings. The Balaban J connectivity index is 1.68. The molecule has 1 aliphatic heterocycles. The van der Waals surface area contributed by atoms with Gasteiger partial charge < -0.3 is 25.3 Å². The minimum absolute atomic E-state index is 0.224. The lowest BCUT2D eigenvalue weighted by Gasteiger charge is -2.20. The molecule has 0 spiro atoms. The monoisotopic (exact) mass is 342 g/mol. The number of primary amides is 1. The Morgan fingerprint density at radius 1 is 1.12 bits per heavy atom. The summed E-state index contributed by atoms with van der Waals surface area (Å²) in [5.74, 6) is 0.506. The Labute approximate surface area is 144 Å². The number of anilines is 1. The van der Waals surface area contributed by atoms with Gasteiger partial charge in [0.25, 0.3) is 11.8 Å². The van der Waals surface area contributed by atoms with Crippen molar-refractivity contribution in [3.63, 3.8) is 0 Å². The molecule has 0 saturated heterocycles. The lowest BCUT2D eigenvalue weighted by molar-refractivity contribution is -0.122. The van der Waals surface area contributed by atoms with Crippen molar-refractivity contribution in [2.45, 2.75) is 13.0 Å². The molecule has 0 aromatic heterocycles. The van der Waals surface area contributed by atoms with Gasteiger partial charge >= 0.3 is 0 Å². The fourth-order valence-electron chi connectivity index (χ4n) is 2.38. The predicted molar refractivity (Wildman–Crippen MR) is 91.1 cm³/mol. The molecule has 2 aromatic carbocycles. The van der Waals surface area contributed by atoms with Gasteiger partial charge in [0.1, 0.15) is 19.0 Å². The molecule has 0 fully saturated rings. The highest BCUT2D eigenvalue weighted by Crippen LogP contribution is 2.32. The summed E-state index contributed by atoms with van der Waals surface area (Å²) in [5, 5.41) is 2.75. The fourth-order valence-corrected chi connectivity index (χ4v) is 2.38. The SMILES string of the molecule is CC(Oc1ccccc1C(N)=O)C(=O)Nc1ccc2c(c1)OCCO2. The van der Waals surface area contributed by atoms with Crippen LogP contribution in [0.15, 0.2) is 42.5 Å². The lowest BCUT2D eigenvalue weighted by atomic mass is 10.2. The second-order valence-corrected chi connectivity index (χ2v) is 5.47. The van der Waals surface area contributed by atoms with Crippen molar-refractivity contribution in [3.8, 4) is 17.2 Å². The van der Waals surface area contributed by atoms with Gasteiger partial charge in [-0.05, 0) is 31.2 Å². The number of fused-ring (bicyclic) bond motifs is 1. The van der Waals surface area contributed by atoms with E-state index < -0.39 is 12.0 Å². The smallest absolute Gasteiger partial charge is 0.265 e. The van der Waals surface area contributed by atoms with Crippen LogP contribution in [0, 0.1) is 0 Å². The molecule has 3 N–H and O–H groups in total. The number of para-hydroxylation sites is 1. The second kappa shape index (κ2) is 7.12. The summed E-state index contributed by atoms with van der Waals surface area (Å²) in [4.78, 5) is 23.8. The zero-order valence-corrected chi connectivity index (χ0v) is 13.7. The largest absolute Gasteiger partial charge is 0.486 e. The second-order valence-electron chi connectivity index (χ2n) is 5.47. The van der Waals surface area contributed by atoms with E-state index in [0.29, 0.717) is 30.4 Å². The Morgan fingerprint density at radius 3 is 2.60 bits per heavy atom. The summed E-state index contributed by atoms with van der Waals surface area (Å²) in [7, 11) is 0. The first-order chi connectivity index (χ1) is 12.0. The third-order valence-corrected chi connectivity index (χ3v) is 3.64. The Kier molecular flexibility index (Phi) is 4.74. The quantitative estimate of drug-likeness (QED) is 0.865. The van der Waals surface area contributed by atoms with Gasteiger partial charge in [-0.2, -0.15) is 0 Å². The van der Waals surface area contributed by atoms with Crippen molar-refractivity contribution >= 4 is 17.5 Å². The minimum Gasteiger partial charge on any atom is -0.486 e. The van der Waals surface area contributed by atoms with Crippen molar-refractivity contribution in [3.05, 3.63) is 48.0 Å². The first-order valence-corrected chi connectivity index (χ1v) is 7.80. The van der Waals surface area contributed by atoms with E-state index in [-0.39, 0.29) is 17.2 Å². The van der Waals surface area contributed by atoms with Crippen molar-refractivity contribution in [2.24, 2.45) is 5.73 Å². The number of hydrogen-bond donors (Lipinski definition) is 2. The molecule has 0 saturated carbocycles. The van der Waals surface area contributed by atoms with Crippen molar-refractivity contribution in [2.75, 3.05) is 18.5 Å². The van der Waals surface area contributed by atoms with Crippen molar-refractivity contribution in [1.82, 2.24) is 0 Å². The zero-order valence-electron chi connectivity index (χ0n) is 13.7. The van der Waals surface area contributed by atoms with E-state index in [9.17, 15) is 9.59 Å². The molecule has 1 unspecified atom stereocenters. The maximum absolute atomic E-state index is 12.3. The molecule has 0 aliphatic carbocycles. The molecule has 3 rings (SSSR count). The Hall–Kier alpha value is -3.22. The standard InChI is InChI=1S/C18H18N2O5/c1-11(25-14-5-3-2-4-13(14)17(19)21)18(22)20-12-6-7-15-16(10-12)24-9-8-23-15/h2-7,10-11H,8-9H2,1H3,(H2,19,21)(H,20,22). The number of carbonyl (C=O) groups excluding carboxylic acids is 2. The summed E-state index contributed by atoms with van der Waals surface area (Å²) in [5.41, 5.74) is 6.10. The van der Waals surface area contributed by atoms with Gasteiger partial charge in [-0.1, -0.05) is 12.1 Å². The normalized spacial score (nSPS) is 13.6. The molecule has 2 amide bonds. The molecule has 0 radical (unpaired) electrons. The van der Waals surface area contributed by atoms with Gasteiger partial charge in [-0.3, -0.25) is 9.59 Å². The van der Waals surface area contributed by atoms with Gasteiger partial charge in [0.2, 0.25) is 0 Å². The topological polar surface area (TPSA) is 99.9 Å². The van der Waals surface area contributed by atoms with Crippen LogP contribution in [-0.4, -0.2) is 31.1 Å². The zero-order chi connectivity index (χ0) is 17.8. The maximum atomic E-state index is 12.3. The maximum Gasteiger partial charge on any atom is 0.265 e. The number of hydrogen-bond acceptors (Lipinski definition) is 5. The molecule has 1 heterocycles. The third kappa shape index (κ3) is 3.82. The number of nitrogens with one attached hydrogen (secondary N) is 1. The highest BCUT2D eigenvalue weighted by atomic mass is 16.6. The summed E-state index contributed by atoms with van der Waals surface area (Å²) in [6.45, 7) is 2.56. The van der Waals surface area contributed by atoms with Crippen LogP contribution in [0.5, 0.6) is 17.2 Å². The van der Waals surface area contributed by atoms with Gasteiger partial charge in [-0.15, -0.1) is 0 Å². The van der Waals surface area contributed by atoms with E-state index in [1.807, 2.05) is 0 Å². The summed E-state index contributed by atoms with van der Waals surface area (Å²) in [6.07, 6.45) is -0.825. The summed E-state index contributed by atoms with van der Waals surface area (Å²) >= 11 is 0. The van der Waals surface area contributed by atoms with Crippen LogP contribution in [0.4, 0.5) is 5.69 Å². The van der Waals surface area contributed by atoms with Crippen LogP contribution < -0.4 is 25.3 Å². The van der Waals surface area contributed by atoms with Gasteiger partial charge in [0.15, 0.2) is 17.6 Å². The van der Waals surface area contributed by atoms with E-state index in [1.165, 1.54) is 0 Å². The highest BCUT2D eigenvalue weighted by Gasteiger charge is 2.19. The van der Waals surface area contributed by atoms with Gasteiger partial charge in [-0.25, -0.2) is 0 Å². The third-order valence-electron chi connectivity index (χ3n) is 3.64. The number of nitrogens with two attached hydrogens (primary N) is 1. The lowest BCUT2D eigenvalue weighted by Crippen LogP contribution is -2.31. The average molecular weight is 342 g/mol. The van der Waals surface area contributed by atoms with E-state index in [1.54, 1.807) is 49.4 Å². The number of amides is 2. The van der Waals surface area contributed by atoms with Crippen LogP contribution in [0.3, 0.4) is 0 Å². The Morgan fingerprint density at radius 2 is 1.84 bits per heavy atom. The molecule has 7 heteroatoms. The minimum atomic E-state index is -0.825. The molecule has 2 aromatic rings. The van der Waals surface area contributed by atoms with Crippen LogP contribution in [0.25, 0.3) is 0 Å². The highest BCUT2D eigenvalue weighted by molar-refractivity contribution is 5.97. The molecule has 0 bridgehead atoms. The van der Waals surface area contributed by atoms with Crippen LogP contribution in [-0.2, 0) is 4.79 Å². The van der Waals surface area contributed by atoms with E-state index in [0.717, 1.165) is 0 Å². The molecular weight excluding hydrogens is 324 g/mol. The van der Waals surface area contributed by atoms with E-state index in [2.05, 4.69) is 5.32 Å². The number of carbonyl (C=O) groups is 2. The van der Waals surface area contributed by atoms with E-state index >= 15 is 0 Å². The number of rotatable bonds is 5. The summed E-state index contributed by atoms with van der Waals surface area (Å²) in [6, 6.07) is 11.7. The van der Waals surface area contributed by atoms with Crippen molar-refractivity contribution in [1.29, 1.82) is 0 Å². The molecule has 1 atom stereocenters. The first kappa shape index (κ1) is 16.6. The Bertz CT molecular complexity index is 806. The van der Waals surface area contributed by atoms with Crippen LogP contribution >= 0.6 is 0 Å².